The fraction of sp³-hybridized carbons (Fsp3) is 0.326. The first-order valence-electron chi connectivity index (χ1n) is 18.9. The number of amides is 1. The van der Waals surface area contributed by atoms with Crippen molar-refractivity contribution in [3.05, 3.63) is 124 Å². The Morgan fingerprint density at radius 1 is 0.963 bits per heavy atom. The van der Waals surface area contributed by atoms with E-state index in [9.17, 15) is 24.9 Å². The van der Waals surface area contributed by atoms with Gasteiger partial charge in [0.05, 0.1) is 23.3 Å². The van der Waals surface area contributed by atoms with E-state index in [0.717, 1.165) is 85.2 Å². The summed E-state index contributed by atoms with van der Waals surface area (Å²) in [6.45, 7) is 3.65. The topological polar surface area (TPSA) is 155 Å². The van der Waals surface area contributed by atoms with E-state index >= 15 is 0 Å². The molecule has 1 unspecified atom stereocenters. The molecule has 278 valence electrons. The molecule has 4 aromatic carbocycles. The number of unbranched alkanes of at least 4 members (excludes halogenated alkanes) is 1. The minimum absolute atomic E-state index is 0.0437. The van der Waals surface area contributed by atoms with Crippen LogP contribution in [0.25, 0.3) is 33.1 Å². The summed E-state index contributed by atoms with van der Waals surface area (Å²) in [5.41, 5.74) is 6.93. The number of phenolic OH excluding ortho intramolecular Hbond substituents is 1. The van der Waals surface area contributed by atoms with Gasteiger partial charge in [0.15, 0.2) is 11.5 Å². The van der Waals surface area contributed by atoms with Crippen LogP contribution in [0.3, 0.4) is 0 Å². The zero-order valence-corrected chi connectivity index (χ0v) is 30.1. The quantitative estimate of drug-likeness (QED) is 0.0791. The summed E-state index contributed by atoms with van der Waals surface area (Å²) in [6.07, 6.45) is 3.62. The zero-order valence-electron chi connectivity index (χ0n) is 30.1. The van der Waals surface area contributed by atoms with Crippen LogP contribution in [0.15, 0.2) is 100 Å². The first-order valence-corrected chi connectivity index (χ1v) is 18.9. The number of aliphatic hydroxyl groups is 1. The van der Waals surface area contributed by atoms with Crippen LogP contribution >= 0.6 is 0 Å². The Kier molecular flexibility index (Phi) is 10.2. The van der Waals surface area contributed by atoms with Gasteiger partial charge in [0, 0.05) is 43.1 Å². The fourth-order valence-corrected chi connectivity index (χ4v) is 8.30. The summed E-state index contributed by atoms with van der Waals surface area (Å²) >= 11 is 0. The second-order valence-corrected chi connectivity index (χ2v) is 14.6. The lowest BCUT2D eigenvalue weighted by Gasteiger charge is -2.48. The molecule has 2 atom stereocenters. The van der Waals surface area contributed by atoms with Crippen LogP contribution in [0.4, 0.5) is 10.5 Å². The summed E-state index contributed by atoms with van der Waals surface area (Å²) in [4.78, 5) is 36.1. The number of benzene rings is 4. The molecule has 2 aromatic heterocycles. The maximum Gasteiger partial charge on any atom is 0.412 e. The molecule has 2 bridgehead atoms. The van der Waals surface area contributed by atoms with Crippen LogP contribution < -0.4 is 15.8 Å². The average Bonchev–Trinajstić information content (AvgIpc) is 3.60. The number of carbonyl (C=O) groups is 1. The van der Waals surface area contributed by atoms with E-state index in [2.05, 4.69) is 33.4 Å². The molecule has 6 aromatic rings. The lowest BCUT2D eigenvalue weighted by Crippen LogP contribution is -2.59. The lowest BCUT2D eigenvalue weighted by atomic mass is 9.82. The molecule has 5 heterocycles. The Morgan fingerprint density at radius 3 is 2.54 bits per heavy atom. The second kappa shape index (κ2) is 15.5. The molecule has 54 heavy (non-hydrogen) atoms. The first kappa shape index (κ1) is 35.5. The summed E-state index contributed by atoms with van der Waals surface area (Å²) in [7, 11) is 0. The number of fused-ring (bicyclic) bond motifs is 5. The number of aliphatic hydroxyl groups excluding tert-OH is 1. The van der Waals surface area contributed by atoms with Crippen molar-refractivity contribution in [1.29, 1.82) is 0 Å². The van der Waals surface area contributed by atoms with Crippen LogP contribution in [0.5, 0.6) is 5.75 Å². The smallest absolute Gasteiger partial charge is 0.412 e. The van der Waals surface area contributed by atoms with Crippen LogP contribution in [0.2, 0.25) is 0 Å². The van der Waals surface area contributed by atoms with Gasteiger partial charge in [-0.3, -0.25) is 9.69 Å². The predicted octanol–water partition coefficient (Wildman–Crippen LogP) is 7.01. The Morgan fingerprint density at radius 2 is 1.76 bits per heavy atom. The summed E-state index contributed by atoms with van der Waals surface area (Å²) in [6, 6.07) is 28.3. The van der Waals surface area contributed by atoms with E-state index in [0.29, 0.717) is 46.8 Å². The van der Waals surface area contributed by atoms with Crippen molar-refractivity contribution in [1.82, 2.24) is 20.2 Å². The van der Waals surface area contributed by atoms with Gasteiger partial charge < -0.3 is 34.9 Å². The number of aromatic amines is 1. The highest BCUT2D eigenvalue weighted by atomic mass is 16.4. The van der Waals surface area contributed by atoms with Gasteiger partial charge in [-0.25, -0.2) is 9.78 Å². The van der Waals surface area contributed by atoms with Gasteiger partial charge in [0.2, 0.25) is 5.56 Å². The molecule has 1 amide bonds. The van der Waals surface area contributed by atoms with Gasteiger partial charge in [-0.1, -0.05) is 54.6 Å². The summed E-state index contributed by atoms with van der Waals surface area (Å²) < 4.78 is 6.14. The molecular weight excluding hydrogens is 683 g/mol. The molecule has 3 aliphatic rings. The van der Waals surface area contributed by atoms with Crippen LogP contribution in [-0.2, 0) is 19.4 Å². The third-order valence-electron chi connectivity index (χ3n) is 11.1. The molecule has 3 aliphatic heterocycles. The Hall–Kier alpha value is -5.49. The van der Waals surface area contributed by atoms with E-state index in [1.165, 1.54) is 12.1 Å². The fourth-order valence-electron chi connectivity index (χ4n) is 8.30. The van der Waals surface area contributed by atoms with Crippen molar-refractivity contribution in [3.8, 4) is 16.9 Å². The molecular formula is C43H45N5O6. The van der Waals surface area contributed by atoms with E-state index in [-0.39, 0.29) is 23.9 Å². The van der Waals surface area contributed by atoms with Gasteiger partial charge >= 0.3 is 6.09 Å². The third-order valence-corrected chi connectivity index (χ3v) is 11.1. The van der Waals surface area contributed by atoms with Crippen LogP contribution in [0.1, 0.15) is 54.4 Å². The third kappa shape index (κ3) is 7.48. The molecule has 3 saturated heterocycles. The van der Waals surface area contributed by atoms with Crippen molar-refractivity contribution in [2.75, 3.05) is 31.1 Å². The number of oxazole rings is 1. The SMILES string of the molecule is O=C(O)N(c1cc(CCCCc2nc3ccc(CNC[C@H](O)c4ccc(O)c5[nH]c(=O)ccc45)cc3o2)ccc1-c1ccccc1)C1CN2CCC1CC2. The zero-order chi connectivity index (χ0) is 37.2. The second-order valence-electron chi connectivity index (χ2n) is 14.6. The highest BCUT2D eigenvalue weighted by Gasteiger charge is 2.41. The van der Waals surface area contributed by atoms with Crippen molar-refractivity contribution < 1.29 is 24.5 Å². The van der Waals surface area contributed by atoms with E-state index in [4.69, 9.17) is 9.40 Å². The number of rotatable bonds is 13. The van der Waals surface area contributed by atoms with Crippen molar-refractivity contribution >= 4 is 33.8 Å². The number of nitrogens with one attached hydrogen (secondary N) is 2. The van der Waals surface area contributed by atoms with Crippen molar-refractivity contribution in [3.63, 3.8) is 0 Å². The number of nitrogens with zero attached hydrogens (tertiary/aromatic N) is 3. The van der Waals surface area contributed by atoms with Gasteiger partial charge in [0.25, 0.3) is 0 Å². The van der Waals surface area contributed by atoms with E-state index in [1.807, 2.05) is 48.5 Å². The number of phenols is 1. The largest absolute Gasteiger partial charge is 0.506 e. The predicted molar refractivity (Wildman–Crippen MR) is 209 cm³/mol. The van der Waals surface area contributed by atoms with Gasteiger partial charge in [-0.15, -0.1) is 0 Å². The minimum Gasteiger partial charge on any atom is -0.506 e. The molecule has 9 rings (SSSR count). The monoisotopic (exact) mass is 727 g/mol. The van der Waals surface area contributed by atoms with Gasteiger partial charge in [-0.05, 0) is 104 Å². The first-order chi connectivity index (χ1) is 26.3. The molecule has 0 radical (unpaired) electrons. The number of hydrogen-bond acceptors (Lipinski definition) is 8. The van der Waals surface area contributed by atoms with Gasteiger partial charge in [0.1, 0.15) is 11.3 Å². The molecule has 11 nitrogen and oxygen atoms in total. The Labute approximate surface area is 312 Å². The number of anilines is 1. The number of pyridine rings is 1. The normalized spacial score (nSPS) is 18.6. The maximum atomic E-state index is 12.9. The minimum atomic E-state index is -0.891. The lowest BCUT2D eigenvalue weighted by molar-refractivity contribution is 0.0837. The van der Waals surface area contributed by atoms with Crippen molar-refractivity contribution in [2.24, 2.45) is 5.92 Å². The number of hydrogen-bond donors (Lipinski definition) is 5. The molecule has 0 aliphatic carbocycles. The number of H-pyrrole nitrogens is 1. The molecule has 0 saturated carbocycles. The highest BCUT2D eigenvalue weighted by molar-refractivity contribution is 5.94. The summed E-state index contributed by atoms with van der Waals surface area (Å²) in [5, 5.41) is 35.5. The number of aryl methyl sites for hydroxylation is 2. The average molecular weight is 728 g/mol. The standard InChI is InChI=1S/C43H45N5O6/c49-37-16-13-32(33-14-17-40(51)46-42(33)37)38(50)25-44-24-28-11-15-34-39(23-28)54-41(45-34)9-5-4-6-27-10-12-31(29-7-2-1-3-8-29)35(22-27)48(43(52)53)36-26-47-20-18-30(36)19-21-47/h1-3,7-8,10-17,22-23,30,36,38,44,49-50H,4-6,9,18-21,24-26H2,(H,46,51)(H,52,53)/t36?,38-/m0/s1. The van der Waals surface area contributed by atoms with E-state index in [1.54, 1.807) is 17.0 Å². The summed E-state index contributed by atoms with van der Waals surface area (Å²) in [5.74, 6) is 1.02. The van der Waals surface area contributed by atoms with Crippen molar-refractivity contribution in [2.45, 2.75) is 57.2 Å². The Bertz CT molecular complexity index is 2330. The molecule has 11 heteroatoms. The number of aromatic nitrogens is 2. The molecule has 5 N–H and O–H groups in total. The number of piperidine rings is 3. The van der Waals surface area contributed by atoms with Crippen LogP contribution in [0, 0.1) is 5.92 Å². The van der Waals surface area contributed by atoms with E-state index < -0.39 is 12.2 Å². The number of aromatic hydroxyl groups is 1. The molecule has 3 fully saturated rings. The maximum absolute atomic E-state index is 12.9. The Balaban J connectivity index is 0.892. The highest BCUT2D eigenvalue weighted by Crippen LogP contribution is 2.39. The van der Waals surface area contributed by atoms with Crippen LogP contribution in [-0.4, -0.2) is 68.5 Å². The molecule has 0 spiro atoms. The number of carboxylic acid groups (broad SMARTS) is 1. The van der Waals surface area contributed by atoms with Gasteiger partial charge in [-0.2, -0.15) is 0 Å².